The van der Waals surface area contributed by atoms with Crippen LogP contribution in [0.25, 0.3) is 0 Å². The van der Waals surface area contributed by atoms with Gasteiger partial charge in [0.15, 0.2) is 0 Å². The number of aromatic nitrogens is 1. The summed E-state index contributed by atoms with van der Waals surface area (Å²) in [6.07, 6.45) is 1.59. The molecule has 1 amide bonds. The Morgan fingerprint density at radius 1 is 0.966 bits per heavy atom. The molecule has 7 heteroatoms. The first kappa shape index (κ1) is 18.9. The molecule has 1 fully saturated rings. The number of pyridine rings is 1. The van der Waals surface area contributed by atoms with E-state index in [0.29, 0.717) is 13.2 Å². The minimum absolute atomic E-state index is 0.126. The lowest BCUT2D eigenvalue weighted by Gasteiger charge is -2.30. The largest absolute Gasteiger partial charge is 0.378 e. The number of benzene rings is 2. The molecular weight excluding hydrogens is 371 g/mol. The van der Waals surface area contributed by atoms with Crippen LogP contribution < -0.4 is 15.5 Å². The molecule has 29 heavy (non-hydrogen) atoms. The molecule has 0 aliphatic carbocycles. The van der Waals surface area contributed by atoms with Crippen LogP contribution in [0.4, 0.5) is 27.1 Å². The fourth-order valence-corrected chi connectivity index (χ4v) is 3.17. The maximum absolute atomic E-state index is 13.7. The third kappa shape index (κ3) is 4.52. The van der Waals surface area contributed by atoms with E-state index in [-0.39, 0.29) is 11.4 Å². The Hall–Kier alpha value is -3.45. The Morgan fingerprint density at radius 2 is 1.69 bits per heavy atom. The summed E-state index contributed by atoms with van der Waals surface area (Å²) in [5, 5.41) is 5.89. The van der Waals surface area contributed by atoms with Crippen LogP contribution in [0, 0.1) is 5.82 Å². The number of carbonyl (C=O) groups is 1. The van der Waals surface area contributed by atoms with Gasteiger partial charge in [-0.1, -0.05) is 24.3 Å². The number of rotatable bonds is 5. The fraction of sp³-hybridized carbons (Fsp3) is 0.182. The van der Waals surface area contributed by atoms with Gasteiger partial charge < -0.3 is 20.3 Å². The van der Waals surface area contributed by atoms with Crippen molar-refractivity contribution in [2.45, 2.75) is 0 Å². The summed E-state index contributed by atoms with van der Waals surface area (Å²) < 4.78 is 19.1. The Morgan fingerprint density at radius 3 is 2.41 bits per heavy atom. The number of para-hydroxylation sites is 3. The van der Waals surface area contributed by atoms with Crippen molar-refractivity contribution in [3.63, 3.8) is 0 Å². The number of nitrogens with zero attached hydrogens (tertiary/aromatic N) is 2. The summed E-state index contributed by atoms with van der Waals surface area (Å²) in [6.45, 7) is 3.10. The smallest absolute Gasteiger partial charge is 0.274 e. The number of ether oxygens (including phenoxy) is 1. The van der Waals surface area contributed by atoms with Crippen LogP contribution in [-0.2, 0) is 4.74 Å². The van der Waals surface area contributed by atoms with Crippen LogP contribution in [0.15, 0.2) is 66.9 Å². The van der Waals surface area contributed by atoms with E-state index in [1.807, 2.05) is 18.2 Å². The van der Waals surface area contributed by atoms with Crippen LogP contribution in [0.2, 0.25) is 0 Å². The molecule has 0 bridgehead atoms. The third-order valence-corrected chi connectivity index (χ3v) is 4.65. The van der Waals surface area contributed by atoms with Gasteiger partial charge in [-0.25, -0.2) is 9.37 Å². The highest BCUT2D eigenvalue weighted by atomic mass is 19.1. The van der Waals surface area contributed by atoms with E-state index in [1.165, 1.54) is 12.1 Å². The standard InChI is InChI=1S/C22H21FN4O2/c23-17-5-1-2-6-18(17)26-22(28)20-10-9-16(15-24-20)25-19-7-3-4-8-21(19)27-11-13-29-14-12-27/h1-10,15,25H,11-14H2,(H,26,28). The molecule has 148 valence electrons. The first-order chi connectivity index (χ1) is 14.2. The van der Waals surface area contributed by atoms with Crippen molar-refractivity contribution < 1.29 is 13.9 Å². The van der Waals surface area contributed by atoms with E-state index >= 15 is 0 Å². The minimum atomic E-state index is -0.487. The molecule has 0 radical (unpaired) electrons. The molecule has 0 saturated carbocycles. The van der Waals surface area contributed by atoms with Crippen molar-refractivity contribution in [3.8, 4) is 0 Å². The Labute approximate surface area is 168 Å². The molecule has 2 aromatic carbocycles. The van der Waals surface area contributed by atoms with E-state index in [4.69, 9.17) is 4.74 Å². The molecule has 1 aromatic heterocycles. The molecule has 4 rings (SSSR count). The van der Waals surface area contributed by atoms with Crippen LogP contribution in [0.5, 0.6) is 0 Å². The molecule has 3 aromatic rings. The number of nitrogens with one attached hydrogen (secondary N) is 2. The van der Waals surface area contributed by atoms with Crippen LogP contribution >= 0.6 is 0 Å². The van der Waals surface area contributed by atoms with E-state index in [1.54, 1.807) is 30.5 Å². The lowest BCUT2D eigenvalue weighted by atomic mass is 10.2. The summed E-state index contributed by atoms with van der Waals surface area (Å²) >= 11 is 0. The second kappa shape index (κ2) is 8.70. The summed E-state index contributed by atoms with van der Waals surface area (Å²) in [5.41, 5.74) is 3.14. The van der Waals surface area contributed by atoms with E-state index in [0.717, 1.165) is 30.2 Å². The highest BCUT2D eigenvalue weighted by molar-refractivity contribution is 6.03. The van der Waals surface area contributed by atoms with Gasteiger partial charge in [0.05, 0.1) is 42.2 Å². The van der Waals surface area contributed by atoms with Crippen molar-refractivity contribution in [2.75, 3.05) is 41.8 Å². The van der Waals surface area contributed by atoms with Gasteiger partial charge >= 0.3 is 0 Å². The number of anilines is 4. The number of hydrogen-bond acceptors (Lipinski definition) is 5. The van der Waals surface area contributed by atoms with Crippen molar-refractivity contribution in [1.29, 1.82) is 0 Å². The van der Waals surface area contributed by atoms with Gasteiger partial charge in [-0.05, 0) is 36.4 Å². The average molecular weight is 392 g/mol. The second-order valence-electron chi connectivity index (χ2n) is 6.61. The Bertz CT molecular complexity index is 988. The summed E-state index contributed by atoms with van der Waals surface area (Å²) in [6, 6.07) is 17.5. The first-order valence-electron chi connectivity index (χ1n) is 9.41. The molecule has 2 N–H and O–H groups in total. The third-order valence-electron chi connectivity index (χ3n) is 4.65. The SMILES string of the molecule is O=C(Nc1ccccc1F)c1ccc(Nc2ccccc2N2CCOCC2)cn1. The summed E-state index contributed by atoms with van der Waals surface area (Å²) in [4.78, 5) is 18.8. The second-order valence-corrected chi connectivity index (χ2v) is 6.61. The average Bonchev–Trinajstić information content (AvgIpc) is 2.77. The molecule has 0 spiro atoms. The zero-order valence-corrected chi connectivity index (χ0v) is 15.8. The fourth-order valence-electron chi connectivity index (χ4n) is 3.17. The van der Waals surface area contributed by atoms with E-state index < -0.39 is 11.7 Å². The van der Waals surface area contributed by atoms with Gasteiger partial charge in [0, 0.05) is 13.1 Å². The molecule has 0 atom stereocenters. The molecule has 1 aliphatic rings. The lowest BCUT2D eigenvalue weighted by Crippen LogP contribution is -2.36. The monoisotopic (exact) mass is 392 g/mol. The van der Waals surface area contributed by atoms with Gasteiger partial charge in [-0.2, -0.15) is 0 Å². The van der Waals surface area contributed by atoms with Crippen molar-refractivity contribution >= 4 is 28.7 Å². The number of hydrogen-bond donors (Lipinski definition) is 2. The van der Waals surface area contributed by atoms with E-state index in [9.17, 15) is 9.18 Å². The predicted molar refractivity (Wildman–Crippen MR) is 111 cm³/mol. The molecule has 6 nitrogen and oxygen atoms in total. The van der Waals surface area contributed by atoms with Crippen LogP contribution in [0.3, 0.4) is 0 Å². The van der Waals surface area contributed by atoms with Gasteiger partial charge in [0.1, 0.15) is 11.5 Å². The predicted octanol–water partition coefficient (Wildman–Crippen LogP) is 4.05. The van der Waals surface area contributed by atoms with Crippen molar-refractivity contribution in [3.05, 3.63) is 78.4 Å². The summed E-state index contributed by atoms with van der Waals surface area (Å²) in [5.74, 6) is -0.950. The van der Waals surface area contributed by atoms with Crippen molar-refractivity contribution in [1.82, 2.24) is 4.98 Å². The van der Waals surface area contributed by atoms with Crippen LogP contribution in [0.1, 0.15) is 10.5 Å². The van der Waals surface area contributed by atoms with E-state index in [2.05, 4.69) is 26.6 Å². The Balaban J connectivity index is 1.46. The number of morpholine rings is 1. The molecule has 2 heterocycles. The Kier molecular flexibility index (Phi) is 5.67. The molecule has 1 saturated heterocycles. The molecule has 1 aliphatic heterocycles. The molecular formula is C22H21FN4O2. The maximum Gasteiger partial charge on any atom is 0.274 e. The summed E-state index contributed by atoms with van der Waals surface area (Å²) in [7, 11) is 0. The number of carbonyl (C=O) groups excluding carboxylic acids is 1. The first-order valence-corrected chi connectivity index (χ1v) is 9.41. The zero-order chi connectivity index (χ0) is 20.1. The van der Waals surface area contributed by atoms with Gasteiger partial charge in [-0.3, -0.25) is 4.79 Å². The van der Waals surface area contributed by atoms with Crippen molar-refractivity contribution in [2.24, 2.45) is 0 Å². The van der Waals surface area contributed by atoms with Gasteiger partial charge in [0.2, 0.25) is 0 Å². The maximum atomic E-state index is 13.7. The number of amides is 1. The zero-order valence-electron chi connectivity index (χ0n) is 15.8. The minimum Gasteiger partial charge on any atom is -0.378 e. The van der Waals surface area contributed by atoms with Gasteiger partial charge in [-0.15, -0.1) is 0 Å². The van der Waals surface area contributed by atoms with Gasteiger partial charge in [0.25, 0.3) is 5.91 Å². The number of halogens is 1. The highest BCUT2D eigenvalue weighted by Crippen LogP contribution is 2.29. The lowest BCUT2D eigenvalue weighted by molar-refractivity contribution is 0.102. The quantitative estimate of drug-likeness (QED) is 0.686. The van der Waals surface area contributed by atoms with Crippen LogP contribution in [-0.4, -0.2) is 37.2 Å². The normalized spacial score (nSPS) is 13.8. The topological polar surface area (TPSA) is 66.5 Å². The highest BCUT2D eigenvalue weighted by Gasteiger charge is 2.15. The molecule has 0 unspecified atom stereocenters.